The number of hydrogen-bond acceptors (Lipinski definition) is 3. The third-order valence-electron chi connectivity index (χ3n) is 2.52. The first-order valence-electron chi connectivity index (χ1n) is 6.71. The molecule has 0 amide bonds. The molecular formula is C13H30N2O. The number of nitrogens with zero attached hydrogens (tertiary/aromatic N) is 1. The molecule has 0 heterocycles. The van der Waals surface area contributed by atoms with E-state index in [2.05, 4.69) is 31.0 Å². The summed E-state index contributed by atoms with van der Waals surface area (Å²) in [6.45, 7) is 16.2. The molecule has 98 valence electrons. The lowest BCUT2D eigenvalue weighted by atomic mass is 10.2. The van der Waals surface area contributed by atoms with E-state index >= 15 is 0 Å². The third kappa shape index (κ3) is 10.4. The lowest BCUT2D eigenvalue weighted by Gasteiger charge is -2.22. The van der Waals surface area contributed by atoms with Gasteiger partial charge in [0.1, 0.15) is 0 Å². The number of hydrogen-bond donors (Lipinski definition) is 1. The van der Waals surface area contributed by atoms with E-state index in [-0.39, 0.29) is 0 Å². The molecule has 0 aromatic rings. The Kier molecular flexibility index (Phi) is 11.3. The maximum absolute atomic E-state index is 5.28. The number of nitrogens with one attached hydrogen (secondary N) is 1. The molecule has 0 aliphatic heterocycles. The van der Waals surface area contributed by atoms with Gasteiger partial charge in [-0.2, -0.15) is 0 Å². The van der Waals surface area contributed by atoms with Crippen molar-refractivity contribution in [1.82, 2.24) is 10.2 Å². The topological polar surface area (TPSA) is 24.5 Å². The van der Waals surface area contributed by atoms with Gasteiger partial charge in [-0.25, -0.2) is 0 Å². The Morgan fingerprint density at radius 2 is 1.94 bits per heavy atom. The highest BCUT2D eigenvalue weighted by Crippen LogP contribution is 1.96. The van der Waals surface area contributed by atoms with Gasteiger partial charge in [0, 0.05) is 32.8 Å². The van der Waals surface area contributed by atoms with Crippen LogP contribution in [0.4, 0.5) is 0 Å². The SMILES string of the molecule is CCOCCCNCCN(CC)CC(C)C. The predicted molar refractivity (Wildman–Crippen MR) is 70.9 cm³/mol. The Morgan fingerprint density at radius 1 is 1.19 bits per heavy atom. The average molecular weight is 230 g/mol. The van der Waals surface area contributed by atoms with E-state index in [4.69, 9.17) is 4.74 Å². The van der Waals surface area contributed by atoms with E-state index in [1.54, 1.807) is 0 Å². The van der Waals surface area contributed by atoms with Crippen molar-refractivity contribution in [2.24, 2.45) is 5.92 Å². The lowest BCUT2D eigenvalue weighted by molar-refractivity contribution is 0.144. The van der Waals surface area contributed by atoms with Crippen LogP contribution in [-0.4, -0.2) is 50.8 Å². The van der Waals surface area contributed by atoms with Crippen molar-refractivity contribution in [3.05, 3.63) is 0 Å². The Hall–Kier alpha value is -0.120. The standard InChI is InChI=1S/C13H30N2O/c1-5-15(12-13(3)4)10-9-14-8-7-11-16-6-2/h13-14H,5-12H2,1-4H3. The van der Waals surface area contributed by atoms with Crippen molar-refractivity contribution in [3.8, 4) is 0 Å². The van der Waals surface area contributed by atoms with Crippen molar-refractivity contribution in [3.63, 3.8) is 0 Å². The minimum Gasteiger partial charge on any atom is -0.382 e. The molecule has 3 heteroatoms. The summed E-state index contributed by atoms with van der Waals surface area (Å²) in [5, 5.41) is 3.46. The van der Waals surface area contributed by atoms with E-state index in [9.17, 15) is 0 Å². The highest BCUT2D eigenvalue weighted by atomic mass is 16.5. The van der Waals surface area contributed by atoms with Crippen LogP contribution < -0.4 is 5.32 Å². The van der Waals surface area contributed by atoms with Crippen molar-refractivity contribution >= 4 is 0 Å². The zero-order valence-corrected chi connectivity index (χ0v) is 11.6. The smallest absolute Gasteiger partial charge is 0.0477 e. The minimum atomic E-state index is 0.762. The third-order valence-corrected chi connectivity index (χ3v) is 2.52. The van der Waals surface area contributed by atoms with E-state index in [0.717, 1.165) is 51.7 Å². The Morgan fingerprint density at radius 3 is 2.50 bits per heavy atom. The van der Waals surface area contributed by atoms with Gasteiger partial charge >= 0.3 is 0 Å². The molecule has 0 unspecified atom stereocenters. The highest BCUT2D eigenvalue weighted by molar-refractivity contribution is 4.60. The second kappa shape index (κ2) is 11.4. The van der Waals surface area contributed by atoms with Crippen molar-refractivity contribution in [2.45, 2.75) is 34.1 Å². The molecule has 0 radical (unpaired) electrons. The minimum absolute atomic E-state index is 0.762. The summed E-state index contributed by atoms with van der Waals surface area (Å²) in [7, 11) is 0. The Labute approximate surface area is 102 Å². The van der Waals surface area contributed by atoms with E-state index in [1.807, 2.05) is 6.92 Å². The molecule has 3 nitrogen and oxygen atoms in total. The van der Waals surface area contributed by atoms with Gasteiger partial charge in [0.15, 0.2) is 0 Å². The zero-order chi connectivity index (χ0) is 12.2. The quantitative estimate of drug-likeness (QED) is 0.549. The second-order valence-corrected chi connectivity index (χ2v) is 4.59. The second-order valence-electron chi connectivity index (χ2n) is 4.59. The summed E-state index contributed by atoms with van der Waals surface area (Å²) in [6.07, 6.45) is 1.12. The highest BCUT2D eigenvalue weighted by Gasteiger charge is 2.03. The zero-order valence-electron chi connectivity index (χ0n) is 11.6. The first-order chi connectivity index (χ1) is 7.70. The molecule has 0 bridgehead atoms. The summed E-state index contributed by atoms with van der Waals surface area (Å²) in [5.74, 6) is 0.762. The normalized spacial score (nSPS) is 11.6. The summed E-state index contributed by atoms with van der Waals surface area (Å²) >= 11 is 0. The molecule has 1 N–H and O–H groups in total. The van der Waals surface area contributed by atoms with Crippen LogP contribution in [0.25, 0.3) is 0 Å². The molecule has 0 spiro atoms. The first-order valence-corrected chi connectivity index (χ1v) is 6.71. The van der Waals surface area contributed by atoms with Gasteiger partial charge < -0.3 is 15.0 Å². The fourth-order valence-electron chi connectivity index (χ4n) is 1.70. The van der Waals surface area contributed by atoms with E-state index in [0.29, 0.717) is 0 Å². The molecular weight excluding hydrogens is 200 g/mol. The number of likely N-dealkylation sites (N-methyl/N-ethyl adjacent to an activating group) is 1. The van der Waals surface area contributed by atoms with Crippen LogP contribution in [0.3, 0.4) is 0 Å². The molecule has 0 rings (SSSR count). The molecule has 0 saturated heterocycles. The van der Waals surface area contributed by atoms with E-state index < -0.39 is 0 Å². The molecule has 0 aromatic heterocycles. The van der Waals surface area contributed by atoms with E-state index in [1.165, 1.54) is 6.54 Å². The largest absolute Gasteiger partial charge is 0.382 e. The van der Waals surface area contributed by atoms with Crippen LogP contribution in [0, 0.1) is 5.92 Å². The maximum Gasteiger partial charge on any atom is 0.0477 e. The summed E-state index contributed by atoms with van der Waals surface area (Å²) < 4.78 is 5.28. The molecule has 0 atom stereocenters. The maximum atomic E-state index is 5.28. The van der Waals surface area contributed by atoms with Crippen LogP contribution in [0.15, 0.2) is 0 Å². The van der Waals surface area contributed by atoms with Crippen LogP contribution in [-0.2, 0) is 4.74 Å². The van der Waals surface area contributed by atoms with Crippen LogP contribution in [0.5, 0.6) is 0 Å². The van der Waals surface area contributed by atoms with Crippen molar-refractivity contribution < 1.29 is 4.74 Å². The van der Waals surface area contributed by atoms with Crippen LogP contribution in [0.2, 0.25) is 0 Å². The molecule has 0 aliphatic carbocycles. The van der Waals surface area contributed by atoms with Gasteiger partial charge in [-0.05, 0) is 32.4 Å². The molecule has 0 aromatic carbocycles. The van der Waals surface area contributed by atoms with Crippen LogP contribution >= 0.6 is 0 Å². The van der Waals surface area contributed by atoms with Gasteiger partial charge in [0.25, 0.3) is 0 Å². The average Bonchev–Trinajstić information content (AvgIpc) is 2.25. The van der Waals surface area contributed by atoms with Gasteiger partial charge in [-0.15, -0.1) is 0 Å². The molecule has 16 heavy (non-hydrogen) atoms. The molecule has 0 aliphatic rings. The predicted octanol–water partition coefficient (Wildman–Crippen LogP) is 1.98. The lowest BCUT2D eigenvalue weighted by Crippen LogP contribution is -2.34. The number of rotatable bonds is 11. The van der Waals surface area contributed by atoms with Crippen LogP contribution in [0.1, 0.15) is 34.1 Å². The summed E-state index contributed by atoms with van der Waals surface area (Å²) in [4.78, 5) is 2.50. The monoisotopic (exact) mass is 230 g/mol. The van der Waals surface area contributed by atoms with Crippen molar-refractivity contribution in [2.75, 3.05) is 45.9 Å². The Balaban J connectivity index is 3.27. The fourth-order valence-corrected chi connectivity index (χ4v) is 1.70. The fraction of sp³-hybridized carbons (Fsp3) is 1.00. The first kappa shape index (κ1) is 15.9. The van der Waals surface area contributed by atoms with Gasteiger partial charge in [0.2, 0.25) is 0 Å². The molecule has 0 saturated carbocycles. The Bertz CT molecular complexity index is 140. The van der Waals surface area contributed by atoms with Gasteiger partial charge in [-0.1, -0.05) is 20.8 Å². The van der Waals surface area contributed by atoms with Crippen molar-refractivity contribution in [1.29, 1.82) is 0 Å². The summed E-state index contributed by atoms with van der Waals surface area (Å²) in [5.41, 5.74) is 0. The summed E-state index contributed by atoms with van der Waals surface area (Å²) in [6, 6.07) is 0. The molecule has 0 fully saturated rings. The van der Waals surface area contributed by atoms with Gasteiger partial charge in [-0.3, -0.25) is 0 Å². The van der Waals surface area contributed by atoms with Gasteiger partial charge in [0.05, 0.1) is 0 Å². The number of ether oxygens (including phenoxy) is 1.